The standard InChI is InChI=1S/C13H19N3O4S/c1-13(6-2-3-7-13)9-15-21(19,20)12-5-4-10(16(17)18)8-11(12)14/h4-5,8,15H,2-3,6-7,9,14H2,1H3. The number of hydrogen-bond donors (Lipinski definition) is 2. The molecule has 0 unspecified atom stereocenters. The van der Waals surface area contributed by atoms with Crippen LogP contribution in [0.5, 0.6) is 0 Å². The monoisotopic (exact) mass is 313 g/mol. The van der Waals surface area contributed by atoms with Crippen LogP contribution in [0.1, 0.15) is 32.6 Å². The van der Waals surface area contributed by atoms with Crippen molar-refractivity contribution in [2.75, 3.05) is 12.3 Å². The van der Waals surface area contributed by atoms with E-state index in [9.17, 15) is 18.5 Å². The van der Waals surface area contributed by atoms with Crippen LogP contribution in [0.15, 0.2) is 23.1 Å². The van der Waals surface area contributed by atoms with Crippen molar-refractivity contribution in [1.29, 1.82) is 0 Å². The molecule has 1 aliphatic carbocycles. The van der Waals surface area contributed by atoms with Crippen molar-refractivity contribution < 1.29 is 13.3 Å². The molecule has 7 nitrogen and oxygen atoms in total. The van der Waals surface area contributed by atoms with E-state index in [4.69, 9.17) is 5.73 Å². The van der Waals surface area contributed by atoms with Crippen molar-refractivity contribution in [3.63, 3.8) is 0 Å². The molecule has 0 aliphatic heterocycles. The van der Waals surface area contributed by atoms with Crippen molar-refractivity contribution in [2.45, 2.75) is 37.5 Å². The van der Waals surface area contributed by atoms with Gasteiger partial charge in [0.1, 0.15) is 4.90 Å². The van der Waals surface area contributed by atoms with Crippen LogP contribution < -0.4 is 10.5 Å². The van der Waals surface area contributed by atoms with E-state index in [1.54, 1.807) is 0 Å². The minimum Gasteiger partial charge on any atom is -0.397 e. The van der Waals surface area contributed by atoms with Gasteiger partial charge in [0.2, 0.25) is 10.0 Å². The van der Waals surface area contributed by atoms with Crippen LogP contribution in [0.3, 0.4) is 0 Å². The van der Waals surface area contributed by atoms with Gasteiger partial charge >= 0.3 is 0 Å². The summed E-state index contributed by atoms with van der Waals surface area (Å²) in [7, 11) is -3.76. The molecule has 0 heterocycles. The first kappa shape index (κ1) is 15.7. The predicted molar refractivity (Wildman–Crippen MR) is 79.3 cm³/mol. The summed E-state index contributed by atoms with van der Waals surface area (Å²) in [6.07, 6.45) is 4.20. The molecule has 0 bridgehead atoms. The maximum atomic E-state index is 12.3. The molecule has 1 aromatic carbocycles. The normalized spacial score (nSPS) is 17.8. The van der Waals surface area contributed by atoms with Gasteiger partial charge in [-0.1, -0.05) is 19.8 Å². The Morgan fingerprint density at radius 2 is 2.00 bits per heavy atom. The minimum atomic E-state index is -3.76. The van der Waals surface area contributed by atoms with Gasteiger partial charge in [-0.2, -0.15) is 0 Å². The van der Waals surface area contributed by atoms with Gasteiger partial charge in [-0.05, 0) is 24.3 Å². The van der Waals surface area contributed by atoms with Gasteiger partial charge in [0, 0.05) is 18.7 Å². The maximum Gasteiger partial charge on any atom is 0.271 e. The molecule has 8 heteroatoms. The number of nitrogens with one attached hydrogen (secondary N) is 1. The molecular weight excluding hydrogens is 294 g/mol. The van der Waals surface area contributed by atoms with Gasteiger partial charge in [-0.3, -0.25) is 10.1 Å². The first-order valence-electron chi connectivity index (χ1n) is 6.77. The van der Waals surface area contributed by atoms with Crippen LogP contribution in [0.25, 0.3) is 0 Å². The van der Waals surface area contributed by atoms with E-state index >= 15 is 0 Å². The third-order valence-electron chi connectivity index (χ3n) is 3.99. The van der Waals surface area contributed by atoms with Gasteiger partial charge in [0.15, 0.2) is 0 Å². The number of nitro groups is 1. The molecule has 2 rings (SSSR count). The Morgan fingerprint density at radius 3 is 2.52 bits per heavy atom. The molecule has 0 amide bonds. The molecular formula is C13H19N3O4S. The number of benzene rings is 1. The molecule has 1 saturated carbocycles. The minimum absolute atomic E-state index is 0.0252. The zero-order valence-electron chi connectivity index (χ0n) is 11.8. The molecule has 3 N–H and O–H groups in total. The van der Waals surface area contributed by atoms with Crippen LogP contribution in [-0.4, -0.2) is 19.9 Å². The van der Waals surface area contributed by atoms with Crippen molar-refractivity contribution >= 4 is 21.4 Å². The SMILES string of the molecule is CC1(CNS(=O)(=O)c2ccc([N+](=O)[O-])cc2N)CCCC1. The Morgan fingerprint density at radius 1 is 1.38 bits per heavy atom. The van der Waals surface area contributed by atoms with Gasteiger partial charge in [0.25, 0.3) is 5.69 Å². The Kier molecular flexibility index (Phi) is 4.20. The van der Waals surface area contributed by atoms with Crippen LogP contribution in [0.2, 0.25) is 0 Å². The summed E-state index contributed by atoms with van der Waals surface area (Å²) in [5.74, 6) is 0. The molecule has 1 fully saturated rings. The molecule has 21 heavy (non-hydrogen) atoms. The fourth-order valence-electron chi connectivity index (χ4n) is 2.65. The summed E-state index contributed by atoms with van der Waals surface area (Å²) < 4.78 is 27.1. The van der Waals surface area contributed by atoms with E-state index in [1.165, 1.54) is 6.07 Å². The van der Waals surface area contributed by atoms with E-state index < -0.39 is 14.9 Å². The average Bonchev–Trinajstić information content (AvgIpc) is 2.84. The van der Waals surface area contributed by atoms with Gasteiger partial charge < -0.3 is 5.73 Å². The van der Waals surface area contributed by atoms with Crippen molar-refractivity contribution in [3.05, 3.63) is 28.3 Å². The Balaban J connectivity index is 2.17. The molecule has 0 atom stereocenters. The van der Waals surface area contributed by atoms with Gasteiger partial charge in [0.05, 0.1) is 10.6 Å². The zero-order valence-corrected chi connectivity index (χ0v) is 12.6. The summed E-state index contributed by atoms with van der Waals surface area (Å²) in [5, 5.41) is 10.6. The second-order valence-electron chi connectivity index (χ2n) is 5.82. The van der Waals surface area contributed by atoms with Crippen LogP contribution in [0, 0.1) is 15.5 Å². The average molecular weight is 313 g/mol. The summed E-state index contributed by atoms with van der Waals surface area (Å²) in [5.41, 5.74) is 5.27. The third kappa shape index (κ3) is 3.51. The maximum absolute atomic E-state index is 12.3. The number of sulfonamides is 1. The highest BCUT2D eigenvalue weighted by atomic mass is 32.2. The molecule has 0 spiro atoms. The first-order chi connectivity index (χ1) is 9.73. The highest BCUT2D eigenvalue weighted by Gasteiger charge is 2.31. The number of non-ortho nitro benzene ring substituents is 1. The number of nitrogen functional groups attached to an aromatic ring is 1. The van der Waals surface area contributed by atoms with Crippen LogP contribution in [0.4, 0.5) is 11.4 Å². The largest absolute Gasteiger partial charge is 0.397 e. The lowest BCUT2D eigenvalue weighted by Crippen LogP contribution is -2.34. The number of nitrogens with zero attached hydrogens (tertiary/aromatic N) is 1. The fraction of sp³-hybridized carbons (Fsp3) is 0.538. The Hall–Kier alpha value is -1.67. The summed E-state index contributed by atoms with van der Waals surface area (Å²) in [6, 6.07) is 3.38. The highest BCUT2D eigenvalue weighted by Crippen LogP contribution is 2.37. The van der Waals surface area contributed by atoms with Crippen LogP contribution >= 0.6 is 0 Å². The predicted octanol–water partition coefficient (Wildman–Crippen LogP) is 2.04. The van der Waals surface area contributed by atoms with E-state index in [0.29, 0.717) is 6.54 Å². The number of hydrogen-bond acceptors (Lipinski definition) is 5. The highest BCUT2D eigenvalue weighted by molar-refractivity contribution is 7.89. The van der Waals surface area contributed by atoms with Crippen molar-refractivity contribution in [2.24, 2.45) is 5.41 Å². The lowest BCUT2D eigenvalue weighted by molar-refractivity contribution is -0.384. The quantitative estimate of drug-likeness (QED) is 0.490. The number of anilines is 1. The van der Waals surface area contributed by atoms with E-state index in [0.717, 1.165) is 37.8 Å². The Bertz CT molecular complexity index is 651. The van der Waals surface area contributed by atoms with Crippen molar-refractivity contribution in [3.8, 4) is 0 Å². The number of rotatable bonds is 5. The number of nitrogens with two attached hydrogens (primary N) is 1. The topological polar surface area (TPSA) is 115 Å². The second-order valence-corrected chi connectivity index (χ2v) is 7.56. The smallest absolute Gasteiger partial charge is 0.271 e. The summed E-state index contributed by atoms with van der Waals surface area (Å²) in [6.45, 7) is 2.41. The molecule has 0 radical (unpaired) electrons. The lowest BCUT2D eigenvalue weighted by atomic mass is 9.89. The van der Waals surface area contributed by atoms with Gasteiger partial charge in [-0.15, -0.1) is 0 Å². The summed E-state index contributed by atoms with van der Waals surface area (Å²) in [4.78, 5) is 9.91. The molecule has 1 aliphatic rings. The van der Waals surface area contributed by atoms with E-state index in [-0.39, 0.29) is 21.7 Å². The molecule has 116 valence electrons. The lowest BCUT2D eigenvalue weighted by Gasteiger charge is -2.23. The van der Waals surface area contributed by atoms with Crippen LogP contribution in [-0.2, 0) is 10.0 Å². The first-order valence-corrected chi connectivity index (χ1v) is 8.25. The third-order valence-corrected chi connectivity index (χ3v) is 5.47. The summed E-state index contributed by atoms with van der Waals surface area (Å²) >= 11 is 0. The zero-order chi connectivity index (χ0) is 15.7. The molecule has 0 saturated heterocycles. The second kappa shape index (κ2) is 5.61. The van der Waals surface area contributed by atoms with Gasteiger partial charge in [-0.25, -0.2) is 13.1 Å². The van der Waals surface area contributed by atoms with E-state index in [1.807, 2.05) is 0 Å². The van der Waals surface area contributed by atoms with E-state index in [2.05, 4.69) is 11.6 Å². The fourth-order valence-corrected chi connectivity index (χ4v) is 3.96. The number of nitro benzene ring substituents is 1. The van der Waals surface area contributed by atoms with Crippen molar-refractivity contribution in [1.82, 2.24) is 4.72 Å². The Labute approximate surface area is 123 Å². The molecule has 0 aromatic heterocycles. The molecule has 1 aromatic rings.